The van der Waals surface area contributed by atoms with Gasteiger partial charge in [-0.1, -0.05) is 17.7 Å². The number of amides is 2. The first kappa shape index (κ1) is 20.6. The van der Waals surface area contributed by atoms with Gasteiger partial charge in [0.2, 0.25) is 5.91 Å². The number of hydrogen-bond donors (Lipinski definition) is 3. The highest BCUT2D eigenvalue weighted by Crippen LogP contribution is 2.20. The lowest BCUT2D eigenvalue weighted by Gasteiger charge is -2.12. The van der Waals surface area contributed by atoms with Gasteiger partial charge in [-0.15, -0.1) is 11.8 Å². The molecule has 2 aromatic carbocycles. The maximum Gasteiger partial charge on any atom is 0.273 e. The maximum absolute atomic E-state index is 13.4. The molecule has 0 aliphatic carbocycles. The van der Waals surface area contributed by atoms with Crippen molar-refractivity contribution >= 4 is 46.7 Å². The SMILES string of the molecule is O=C(CSc1ccc(Cl)cc1)NNC(=O)c1cccnc1Nc1cccc(F)c1. The van der Waals surface area contributed by atoms with Crippen molar-refractivity contribution in [2.75, 3.05) is 11.1 Å². The molecule has 3 N–H and O–H groups in total. The Labute approximate surface area is 175 Å². The lowest BCUT2D eigenvalue weighted by atomic mass is 10.2. The van der Waals surface area contributed by atoms with Gasteiger partial charge in [0.15, 0.2) is 0 Å². The molecule has 1 aromatic heterocycles. The standard InChI is InChI=1S/C20H16ClFN4O2S/c21-13-6-8-16(9-7-13)29-12-18(27)25-26-20(28)17-5-2-10-23-19(17)24-15-4-1-3-14(22)11-15/h1-11H,12H2,(H,23,24)(H,25,27)(H,26,28). The Balaban J connectivity index is 1.56. The fourth-order valence-corrected chi connectivity index (χ4v) is 3.13. The van der Waals surface area contributed by atoms with Crippen LogP contribution in [0.15, 0.2) is 71.8 Å². The first-order valence-electron chi connectivity index (χ1n) is 8.46. The van der Waals surface area contributed by atoms with Gasteiger partial charge in [0.05, 0.1) is 11.3 Å². The number of nitrogens with one attached hydrogen (secondary N) is 3. The molecule has 148 valence electrons. The van der Waals surface area contributed by atoms with Crippen LogP contribution in [0, 0.1) is 5.82 Å². The number of hydrogen-bond acceptors (Lipinski definition) is 5. The summed E-state index contributed by atoms with van der Waals surface area (Å²) in [6.45, 7) is 0. The molecule has 3 rings (SSSR count). The van der Waals surface area contributed by atoms with Crippen LogP contribution in [-0.2, 0) is 4.79 Å². The predicted octanol–water partition coefficient (Wildman–Crippen LogP) is 4.17. The number of carbonyl (C=O) groups excluding carboxylic acids is 2. The number of thioether (sulfide) groups is 1. The van der Waals surface area contributed by atoms with Crippen LogP contribution in [0.2, 0.25) is 5.02 Å². The van der Waals surface area contributed by atoms with Gasteiger partial charge >= 0.3 is 0 Å². The Kier molecular flexibility index (Phi) is 7.04. The third-order valence-corrected chi connectivity index (χ3v) is 4.90. The molecular formula is C20H16ClFN4O2S. The van der Waals surface area contributed by atoms with Gasteiger partial charge < -0.3 is 5.32 Å². The molecule has 6 nitrogen and oxygen atoms in total. The molecule has 0 saturated heterocycles. The Hall–Kier alpha value is -3.10. The minimum absolute atomic E-state index is 0.114. The van der Waals surface area contributed by atoms with Gasteiger partial charge in [0.25, 0.3) is 5.91 Å². The molecule has 0 spiro atoms. The molecule has 29 heavy (non-hydrogen) atoms. The monoisotopic (exact) mass is 430 g/mol. The van der Waals surface area contributed by atoms with Crippen LogP contribution >= 0.6 is 23.4 Å². The zero-order valence-electron chi connectivity index (χ0n) is 15.0. The fraction of sp³-hybridized carbons (Fsp3) is 0.0500. The summed E-state index contributed by atoms with van der Waals surface area (Å²) in [5.41, 5.74) is 5.36. The summed E-state index contributed by atoms with van der Waals surface area (Å²) < 4.78 is 13.4. The molecule has 2 amide bonds. The van der Waals surface area contributed by atoms with E-state index in [1.165, 1.54) is 30.1 Å². The van der Waals surface area contributed by atoms with Crippen LogP contribution in [-0.4, -0.2) is 22.6 Å². The van der Waals surface area contributed by atoms with Crippen molar-refractivity contribution in [3.05, 3.63) is 83.3 Å². The quantitative estimate of drug-likeness (QED) is 0.404. The van der Waals surface area contributed by atoms with Crippen LogP contribution in [0.3, 0.4) is 0 Å². The molecule has 3 aromatic rings. The van der Waals surface area contributed by atoms with Crippen LogP contribution in [0.4, 0.5) is 15.9 Å². The second-order valence-electron chi connectivity index (χ2n) is 5.78. The van der Waals surface area contributed by atoms with Gasteiger partial charge in [-0.05, 0) is 54.6 Å². The molecule has 0 radical (unpaired) electrons. The molecule has 9 heteroatoms. The average molecular weight is 431 g/mol. The first-order valence-corrected chi connectivity index (χ1v) is 9.83. The maximum atomic E-state index is 13.4. The number of carbonyl (C=O) groups is 2. The Morgan fingerprint density at radius 2 is 1.83 bits per heavy atom. The van der Waals surface area contributed by atoms with E-state index in [9.17, 15) is 14.0 Å². The van der Waals surface area contributed by atoms with E-state index < -0.39 is 11.7 Å². The van der Waals surface area contributed by atoms with Gasteiger partial charge in [-0.25, -0.2) is 9.37 Å². The van der Waals surface area contributed by atoms with E-state index in [-0.39, 0.29) is 23.0 Å². The number of nitrogens with zero attached hydrogens (tertiary/aromatic N) is 1. The van der Waals surface area contributed by atoms with Crippen molar-refractivity contribution < 1.29 is 14.0 Å². The summed E-state index contributed by atoms with van der Waals surface area (Å²) in [4.78, 5) is 29.4. The molecular weight excluding hydrogens is 415 g/mol. The Morgan fingerprint density at radius 1 is 1.03 bits per heavy atom. The second-order valence-corrected chi connectivity index (χ2v) is 7.27. The van der Waals surface area contributed by atoms with E-state index in [1.54, 1.807) is 48.5 Å². The largest absolute Gasteiger partial charge is 0.339 e. The van der Waals surface area contributed by atoms with Crippen molar-refractivity contribution in [3.8, 4) is 0 Å². The van der Waals surface area contributed by atoms with Crippen LogP contribution in [0.1, 0.15) is 10.4 Å². The van der Waals surface area contributed by atoms with Crippen molar-refractivity contribution in [1.29, 1.82) is 0 Å². The zero-order chi connectivity index (χ0) is 20.6. The first-order chi connectivity index (χ1) is 14.0. The topological polar surface area (TPSA) is 83.1 Å². The highest BCUT2D eigenvalue weighted by atomic mass is 35.5. The molecule has 0 saturated carbocycles. The second kappa shape index (κ2) is 9.90. The van der Waals surface area contributed by atoms with Crippen molar-refractivity contribution in [1.82, 2.24) is 15.8 Å². The van der Waals surface area contributed by atoms with E-state index in [0.29, 0.717) is 10.7 Å². The third kappa shape index (κ3) is 6.20. The highest BCUT2D eigenvalue weighted by molar-refractivity contribution is 8.00. The van der Waals surface area contributed by atoms with Gasteiger partial charge in [0, 0.05) is 21.8 Å². The highest BCUT2D eigenvalue weighted by Gasteiger charge is 2.14. The third-order valence-electron chi connectivity index (χ3n) is 3.64. The number of halogens is 2. The van der Waals surface area contributed by atoms with Gasteiger partial charge in [0.1, 0.15) is 11.6 Å². The van der Waals surface area contributed by atoms with E-state index in [1.807, 2.05) is 0 Å². The number of anilines is 2. The summed E-state index contributed by atoms with van der Waals surface area (Å²) in [5.74, 6) is -0.991. The summed E-state index contributed by atoms with van der Waals surface area (Å²) in [6, 6.07) is 16.0. The van der Waals surface area contributed by atoms with Crippen molar-refractivity contribution in [2.24, 2.45) is 0 Å². The lowest BCUT2D eigenvalue weighted by Crippen LogP contribution is -2.42. The minimum Gasteiger partial charge on any atom is -0.339 e. The summed E-state index contributed by atoms with van der Waals surface area (Å²) in [7, 11) is 0. The number of hydrazine groups is 1. The molecule has 0 unspecified atom stereocenters. The van der Waals surface area contributed by atoms with Crippen LogP contribution < -0.4 is 16.2 Å². The van der Waals surface area contributed by atoms with Crippen LogP contribution in [0.5, 0.6) is 0 Å². The van der Waals surface area contributed by atoms with E-state index in [0.717, 1.165) is 4.90 Å². The van der Waals surface area contributed by atoms with Gasteiger partial charge in [-0.3, -0.25) is 20.4 Å². The molecule has 0 bridgehead atoms. The van der Waals surface area contributed by atoms with E-state index in [4.69, 9.17) is 11.6 Å². The normalized spacial score (nSPS) is 10.3. The van der Waals surface area contributed by atoms with Crippen molar-refractivity contribution in [3.63, 3.8) is 0 Å². The molecule has 0 atom stereocenters. The fourth-order valence-electron chi connectivity index (χ4n) is 2.30. The number of rotatable bonds is 6. The Bertz CT molecular complexity index is 1020. The molecule has 0 fully saturated rings. The number of pyridine rings is 1. The summed E-state index contributed by atoms with van der Waals surface area (Å²) in [6.07, 6.45) is 1.50. The molecule has 0 aliphatic heterocycles. The zero-order valence-corrected chi connectivity index (χ0v) is 16.6. The molecule has 1 heterocycles. The van der Waals surface area contributed by atoms with Crippen molar-refractivity contribution in [2.45, 2.75) is 4.90 Å². The smallest absolute Gasteiger partial charge is 0.273 e. The summed E-state index contributed by atoms with van der Waals surface area (Å²) in [5, 5.41) is 3.51. The van der Waals surface area contributed by atoms with E-state index >= 15 is 0 Å². The van der Waals surface area contributed by atoms with Gasteiger partial charge in [-0.2, -0.15) is 0 Å². The Morgan fingerprint density at radius 3 is 2.59 bits per heavy atom. The van der Waals surface area contributed by atoms with Crippen LogP contribution in [0.25, 0.3) is 0 Å². The van der Waals surface area contributed by atoms with E-state index in [2.05, 4.69) is 21.2 Å². The summed E-state index contributed by atoms with van der Waals surface area (Å²) >= 11 is 7.13. The molecule has 0 aliphatic rings. The predicted molar refractivity (Wildman–Crippen MR) is 112 cm³/mol. The number of aromatic nitrogens is 1. The minimum atomic E-state index is -0.554. The lowest BCUT2D eigenvalue weighted by molar-refractivity contribution is -0.119. The number of benzene rings is 2. The average Bonchev–Trinajstić information content (AvgIpc) is 2.72.